The number of primary amides is 1. The molecule has 5 nitrogen and oxygen atoms in total. The number of carbonyl (C=O) groups is 2. The van der Waals surface area contributed by atoms with Crippen LogP contribution in [0.25, 0.3) is 0 Å². The summed E-state index contributed by atoms with van der Waals surface area (Å²) in [6, 6.07) is 2.62. The molecule has 0 atom stereocenters. The van der Waals surface area contributed by atoms with Gasteiger partial charge in [0.05, 0.1) is 5.56 Å². The van der Waals surface area contributed by atoms with Crippen molar-refractivity contribution >= 4 is 11.8 Å². The van der Waals surface area contributed by atoms with E-state index in [1.54, 1.807) is 0 Å². The maximum atomic E-state index is 11.6. The molecule has 0 aliphatic rings. The predicted octanol–water partition coefficient (Wildman–Crippen LogP) is 0.823. The second-order valence-corrected chi connectivity index (χ2v) is 2.80. The van der Waals surface area contributed by atoms with Crippen LogP contribution >= 0.6 is 0 Å². The van der Waals surface area contributed by atoms with Crippen LogP contribution in [-0.4, -0.2) is 23.1 Å². The van der Waals surface area contributed by atoms with Crippen molar-refractivity contribution in [2.24, 2.45) is 5.73 Å². The monoisotopic (exact) mass is 249 g/mol. The van der Waals surface area contributed by atoms with Crippen LogP contribution < -0.4 is 11.1 Å². The third-order valence-corrected chi connectivity index (χ3v) is 1.18. The highest BCUT2D eigenvalue weighted by atomic mass is 19.4. The summed E-state index contributed by atoms with van der Waals surface area (Å²) < 4.78 is 34.9. The number of rotatable bonds is 1. The molecular weight excluding hydrogens is 239 g/mol. The van der Waals surface area contributed by atoms with Gasteiger partial charge in [-0.2, -0.15) is 13.2 Å². The first-order chi connectivity index (χ1) is 7.72. The van der Waals surface area contributed by atoms with Crippen LogP contribution in [0.2, 0.25) is 0 Å². The Kier molecular flexibility index (Phi) is 5.65. The molecule has 0 spiro atoms. The molecule has 0 radical (unpaired) electrons. The third kappa shape index (κ3) is 8.85. The summed E-state index contributed by atoms with van der Waals surface area (Å²) in [7, 11) is 0. The van der Waals surface area contributed by atoms with Gasteiger partial charge >= 0.3 is 6.30 Å². The summed E-state index contributed by atoms with van der Waals surface area (Å²) in [4.78, 5) is 23.5. The van der Waals surface area contributed by atoms with Crippen molar-refractivity contribution in [2.75, 3.05) is 0 Å². The van der Waals surface area contributed by atoms with Crippen molar-refractivity contribution in [3.63, 3.8) is 0 Å². The van der Waals surface area contributed by atoms with E-state index in [1.807, 2.05) is 0 Å². The molecule has 3 N–H and O–H groups in total. The Bertz CT molecular complexity index is 375. The molecule has 0 aliphatic carbocycles. The number of pyridine rings is 1. The minimum Gasteiger partial charge on any atom is -0.370 e. The largest absolute Gasteiger partial charge is 0.484 e. The highest BCUT2D eigenvalue weighted by Crippen LogP contribution is 2.10. The van der Waals surface area contributed by atoms with E-state index in [1.165, 1.54) is 25.3 Å². The molecule has 0 saturated heterocycles. The fourth-order valence-electron chi connectivity index (χ4n) is 0.698. The Morgan fingerprint density at radius 1 is 1.41 bits per heavy atom. The molecule has 1 rings (SSSR count). The average molecular weight is 249 g/mol. The summed E-state index contributed by atoms with van der Waals surface area (Å²) in [6.07, 6.45) is -2.28. The molecule has 0 fully saturated rings. The van der Waals surface area contributed by atoms with Crippen LogP contribution in [0.15, 0.2) is 24.5 Å². The number of nitrogens with two attached hydrogens (primary N) is 1. The van der Waals surface area contributed by atoms with E-state index in [-0.39, 0.29) is 11.5 Å². The minimum absolute atomic E-state index is 0.125. The Morgan fingerprint density at radius 3 is 2.29 bits per heavy atom. The van der Waals surface area contributed by atoms with E-state index >= 15 is 0 Å². The molecule has 94 valence electrons. The van der Waals surface area contributed by atoms with Crippen LogP contribution in [0.4, 0.5) is 13.2 Å². The fraction of sp³-hybridized carbons (Fsp3) is 0.222. The molecule has 0 aliphatic heterocycles. The van der Waals surface area contributed by atoms with Crippen molar-refractivity contribution < 1.29 is 22.8 Å². The summed E-state index contributed by atoms with van der Waals surface area (Å²) in [5.74, 6) is -1.54. The normalized spacial score (nSPS) is 9.88. The number of hydrogen-bond donors (Lipinski definition) is 2. The molecular formula is C9H10F3N3O2. The van der Waals surface area contributed by atoms with Gasteiger partial charge in [0, 0.05) is 19.3 Å². The maximum absolute atomic E-state index is 11.6. The number of aromatic nitrogens is 1. The van der Waals surface area contributed by atoms with Crippen molar-refractivity contribution in [3.05, 3.63) is 30.1 Å². The highest BCUT2D eigenvalue weighted by Gasteiger charge is 2.30. The molecule has 1 heterocycles. The van der Waals surface area contributed by atoms with E-state index in [9.17, 15) is 22.8 Å². The zero-order chi connectivity index (χ0) is 13.5. The zero-order valence-corrected chi connectivity index (χ0v) is 8.78. The maximum Gasteiger partial charge on any atom is 0.484 e. The quantitative estimate of drug-likeness (QED) is 0.722. The van der Waals surface area contributed by atoms with Crippen LogP contribution in [0.3, 0.4) is 0 Å². The van der Waals surface area contributed by atoms with E-state index in [2.05, 4.69) is 10.7 Å². The Hall–Kier alpha value is -2.12. The third-order valence-electron chi connectivity index (χ3n) is 1.18. The minimum atomic E-state index is -4.70. The molecule has 1 aromatic rings. The molecule has 0 bridgehead atoms. The second kappa shape index (κ2) is 6.46. The number of amides is 2. The zero-order valence-electron chi connectivity index (χ0n) is 8.78. The SMILES string of the molecule is CC(N)=O.O=C(NC(F)(F)F)c1cccnc1. The molecule has 8 heteroatoms. The van der Waals surface area contributed by atoms with Gasteiger partial charge in [-0.3, -0.25) is 19.9 Å². The lowest BCUT2D eigenvalue weighted by atomic mass is 10.3. The fourth-order valence-corrected chi connectivity index (χ4v) is 0.698. The van der Waals surface area contributed by atoms with Crippen molar-refractivity contribution in [1.82, 2.24) is 10.3 Å². The van der Waals surface area contributed by atoms with Gasteiger partial charge in [-0.05, 0) is 12.1 Å². The first-order valence-electron chi connectivity index (χ1n) is 4.27. The molecule has 2 amide bonds. The number of carbonyl (C=O) groups excluding carboxylic acids is 2. The number of halogens is 3. The Balaban J connectivity index is 0.000000557. The van der Waals surface area contributed by atoms with Gasteiger partial charge in [-0.25, -0.2) is 0 Å². The number of nitrogens with one attached hydrogen (secondary N) is 1. The lowest BCUT2D eigenvalue weighted by Gasteiger charge is -2.07. The standard InChI is InChI=1S/C7H5F3N2O.C2H5NO/c8-7(9,10)12-6(13)5-2-1-3-11-4-5;1-2(3)4/h1-4H,(H,12,13);1H3,(H2,3,4). The predicted molar refractivity (Wildman–Crippen MR) is 52.6 cm³/mol. The topological polar surface area (TPSA) is 85.1 Å². The smallest absolute Gasteiger partial charge is 0.370 e. The van der Waals surface area contributed by atoms with E-state index < -0.39 is 12.2 Å². The molecule has 0 aromatic carbocycles. The molecule has 17 heavy (non-hydrogen) atoms. The Labute approximate surface area is 94.8 Å². The first kappa shape index (κ1) is 14.9. The van der Waals surface area contributed by atoms with E-state index in [0.29, 0.717) is 0 Å². The molecule has 0 unspecified atom stereocenters. The van der Waals surface area contributed by atoms with Crippen LogP contribution in [0.5, 0.6) is 0 Å². The van der Waals surface area contributed by atoms with Crippen molar-refractivity contribution in [1.29, 1.82) is 0 Å². The van der Waals surface area contributed by atoms with Gasteiger partial charge in [0.15, 0.2) is 0 Å². The lowest BCUT2D eigenvalue weighted by Crippen LogP contribution is -2.37. The van der Waals surface area contributed by atoms with Crippen molar-refractivity contribution in [3.8, 4) is 0 Å². The van der Waals surface area contributed by atoms with Gasteiger partial charge < -0.3 is 5.73 Å². The molecule has 0 saturated carbocycles. The number of alkyl halides is 3. The van der Waals surface area contributed by atoms with Crippen molar-refractivity contribution in [2.45, 2.75) is 13.2 Å². The first-order valence-corrected chi connectivity index (χ1v) is 4.27. The average Bonchev–Trinajstić information content (AvgIpc) is 2.15. The summed E-state index contributed by atoms with van der Waals surface area (Å²) >= 11 is 0. The van der Waals surface area contributed by atoms with E-state index in [4.69, 9.17) is 0 Å². The van der Waals surface area contributed by atoms with Crippen LogP contribution in [-0.2, 0) is 4.79 Å². The van der Waals surface area contributed by atoms with Crippen LogP contribution in [0.1, 0.15) is 17.3 Å². The van der Waals surface area contributed by atoms with Gasteiger partial charge in [0.2, 0.25) is 5.91 Å². The Morgan fingerprint density at radius 2 is 1.94 bits per heavy atom. The lowest BCUT2D eigenvalue weighted by molar-refractivity contribution is -0.146. The van der Waals surface area contributed by atoms with Gasteiger partial charge in [0.1, 0.15) is 0 Å². The van der Waals surface area contributed by atoms with Gasteiger partial charge in [-0.15, -0.1) is 0 Å². The number of hydrogen-bond acceptors (Lipinski definition) is 3. The summed E-state index contributed by atoms with van der Waals surface area (Å²) in [6.45, 7) is 1.31. The van der Waals surface area contributed by atoms with Crippen LogP contribution in [0, 0.1) is 0 Å². The highest BCUT2D eigenvalue weighted by molar-refractivity contribution is 5.93. The summed E-state index contributed by atoms with van der Waals surface area (Å²) in [5, 5.41) is 0.856. The molecule has 1 aromatic heterocycles. The summed E-state index contributed by atoms with van der Waals surface area (Å²) in [5.41, 5.74) is 4.35. The van der Waals surface area contributed by atoms with Gasteiger partial charge in [-0.1, -0.05) is 0 Å². The van der Waals surface area contributed by atoms with Gasteiger partial charge in [0.25, 0.3) is 5.91 Å². The van der Waals surface area contributed by atoms with E-state index in [0.717, 1.165) is 11.5 Å². The number of nitrogens with zero attached hydrogens (tertiary/aromatic N) is 1. The second-order valence-electron chi connectivity index (χ2n) is 2.80.